The maximum absolute atomic E-state index is 13.1. The normalized spacial score (nSPS) is 15.9. The molecule has 2 aromatic rings. The van der Waals surface area contributed by atoms with Crippen molar-refractivity contribution in [3.8, 4) is 0 Å². The van der Waals surface area contributed by atoms with Crippen LogP contribution in [0.1, 0.15) is 17.5 Å². The first kappa shape index (κ1) is 19.9. The third-order valence-corrected chi connectivity index (χ3v) is 6.48. The average Bonchev–Trinajstić information content (AvgIpc) is 2.69. The highest BCUT2D eigenvalue weighted by atomic mass is 32.2. The number of nitrogens with zero attached hydrogens (tertiary/aromatic N) is 3. The summed E-state index contributed by atoms with van der Waals surface area (Å²) in [6.07, 6.45) is 4.20. The topological polar surface area (TPSA) is 62.7 Å². The van der Waals surface area contributed by atoms with Crippen LogP contribution in [0.25, 0.3) is 0 Å². The van der Waals surface area contributed by atoms with Gasteiger partial charge in [0.2, 0.25) is 10.0 Å². The molecule has 3 rings (SSSR count). The zero-order valence-electron chi connectivity index (χ0n) is 15.5. The van der Waals surface area contributed by atoms with E-state index >= 15 is 0 Å². The summed E-state index contributed by atoms with van der Waals surface area (Å²) in [5.74, 6) is 0.0243. The highest BCUT2D eigenvalue weighted by molar-refractivity contribution is 7.88. The van der Waals surface area contributed by atoms with Crippen LogP contribution in [-0.2, 0) is 27.1 Å². The molecule has 1 saturated heterocycles. The molecule has 0 aliphatic carbocycles. The molecule has 0 bridgehead atoms. The van der Waals surface area contributed by atoms with Gasteiger partial charge in [-0.25, -0.2) is 8.42 Å². The summed E-state index contributed by atoms with van der Waals surface area (Å²) in [5.41, 5.74) is 1.76. The lowest BCUT2D eigenvalue weighted by molar-refractivity contribution is 0.0368. The summed E-state index contributed by atoms with van der Waals surface area (Å²) in [7, 11) is -3.41. The number of hydrogen-bond donors (Lipinski definition) is 0. The number of benzene rings is 1. The lowest BCUT2D eigenvalue weighted by Crippen LogP contribution is -2.39. The maximum Gasteiger partial charge on any atom is 0.218 e. The number of hydrogen-bond acceptors (Lipinski definition) is 5. The third kappa shape index (κ3) is 6.39. The van der Waals surface area contributed by atoms with E-state index in [2.05, 4.69) is 9.88 Å². The first-order chi connectivity index (χ1) is 13.1. The Hall–Kier alpha value is -1.80. The molecule has 0 radical (unpaired) electrons. The van der Waals surface area contributed by atoms with Crippen molar-refractivity contribution in [2.24, 2.45) is 0 Å². The van der Waals surface area contributed by atoms with Crippen LogP contribution >= 0.6 is 0 Å². The molecule has 0 N–H and O–H groups in total. The fraction of sp³-hybridized carbons (Fsp3) is 0.450. The van der Waals surface area contributed by atoms with Gasteiger partial charge in [-0.15, -0.1) is 0 Å². The van der Waals surface area contributed by atoms with Gasteiger partial charge in [0, 0.05) is 38.6 Å². The Bertz CT molecular complexity index is 779. The summed E-state index contributed by atoms with van der Waals surface area (Å²) in [6, 6.07) is 13.1. The highest BCUT2D eigenvalue weighted by Gasteiger charge is 2.23. The standard InChI is InChI=1S/C20H27N3O3S/c24-27(25,18-20-5-2-1-3-6-20)23(17-19-7-9-21-10-8-19)12-4-11-22-13-15-26-16-14-22/h1-3,5-10H,4,11-18H2. The third-order valence-electron chi connectivity index (χ3n) is 4.68. The Morgan fingerprint density at radius 3 is 2.41 bits per heavy atom. The molecular weight excluding hydrogens is 362 g/mol. The van der Waals surface area contributed by atoms with Gasteiger partial charge in [-0.1, -0.05) is 30.3 Å². The quantitative estimate of drug-likeness (QED) is 0.658. The summed E-state index contributed by atoms with van der Waals surface area (Å²) >= 11 is 0. The SMILES string of the molecule is O=S(=O)(Cc1ccccc1)N(CCCN1CCOCC1)Cc1ccncc1. The van der Waals surface area contributed by atoms with Crippen LogP contribution in [0, 0.1) is 0 Å². The van der Waals surface area contributed by atoms with Crippen LogP contribution in [-0.4, -0.2) is 62.0 Å². The van der Waals surface area contributed by atoms with Crippen LogP contribution < -0.4 is 0 Å². The molecule has 7 heteroatoms. The van der Waals surface area contributed by atoms with E-state index in [9.17, 15) is 8.42 Å². The number of ether oxygens (including phenoxy) is 1. The van der Waals surface area contributed by atoms with Crippen LogP contribution in [0.5, 0.6) is 0 Å². The van der Waals surface area contributed by atoms with Crippen molar-refractivity contribution in [3.05, 3.63) is 66.0 Å². The molecule has 1 aliphatic rings. The number of rotatable bonds is 9. The number of morpholine rings is 1. The average molecular weight is 390 g/mol. The van der Waals surface area contributed by atoms with E-state index in [0.717, 1.165) is 50.4 Å². The monoisotopic (exact) mass is 389 g/mol. The van der Waals surface area contributed by atoms with E-state index < -0.39 is 10.0 Å². The summed E-state index contributed by atoms with van der Waals surface area (Å²) < 4.78 is 33.1. The van der Waals surface area contributed by atoms with E-state index in [1.165, 1.54) is 0 Å². The van der Waals surface area contributed by atoms with Crippen molar-refractivity contribution < 1.29 is 13.2 Å². The molecule has 0 spiro atoms. The minimum atomic E-state index is -3.41. The Balaban J connectivity index is 1.66. The van der Waals surface area contributed by atoms with Gasteiger partial charge in [0.25, 0.3) is 0 Å². The van der Waals surface area contributed by atoms with Gasteiger partial charge in [-0.3, -0.25) is 9.88 Å². The smallest absolute Gasteiger partial charge is 0.218 e. The molecule has 146 valence electrons. The van der Waals surface area contributed by atoms with Gasteiger partial charge in [0.1, 0.15) is 0 Å². The van der Waals surface area contributed by atoms with Crippen LogP contribution in [0.2, 0.25) is 0 Å². The molecule has 0 saturated carbocycles. The van der Waals surface area contributed by atoms with Crippen molar-refractivity contribution in [2.75, 3.05) is 39.4 Å². The molecule has 0 unspecified atom stereocenters. The molecular formula is C20H27N3O3S. The second-order valence-corrected chi connectivity index (χ2v) is 8.71. The molecule has 1 fully saturated rings. The largest absolute Gasteiger partial charge is 0.379 e. The van der Waals surface area contributed by atoms with Gasteiger partial charge in [0.05, 0.1) is 19.0 Å². The number of sulfonamides is 1. The summed E-state index contributed by atoms with van der Waals surface area (Å²) in [5, 5.41) is 0. The zero-order valence-corrected chi connectivity index (χ0v) is 16.4. The molecule has 1 aliphatic heterocycles. The van der Waals surface area contributed by atoms with Gasteiger partial charge in [-0.2, -0.15) is 4.31 Å². The van der Waals surface area contributed by atoms with Crippen molar-refractivity contribution in [1.82, 2.24) is 14.2 Å². The van der Waals surface area contributed by atoms with E-state index in [-0.39, 0.29) is 5.75 Å². The molecule has 0 atom stereocenters. The van der Waals surface area contributed by atoms with Crippen molar-refractivity contribution in [1.29, 1.82) is 0 Å². The predicted octanol–water partition coefficient (Wildman–Crippen LogP) is 2.14. The number of aromatic nitrogens is 1. The Labute approximate surface area is 161 Å². The molecule has 0 amide bonds. The zero-order chi connectivity index (χ0) is 19.0. The number of pyridine rings is 1. The highest BCUT2D eigenvalue weighted by Crippen LogP contribution is 2.15. The molecule has 6 nitrogen and oxygen atoms in total. The lowest BCUT2D eigenvalue weighted by atomic mass is 10.2. The van der Waals surface area contributed by atoms with Crippen molar-refractivity contribution in [2.45, 2.75) is 18.7 Å². The van der Waals surface area contributed by atoms with E-state index in [0.29, 0.717) is 13.1 Å². The second kappa shape index (κ2) is 9.94. The van der Waals surface area contributed by atoms with E-state index in [1.54, 1.807) is 16.7 Å². The molecule has 27 heavy (non-hydrogen) atoms. The van der Waals surface area contributed by atoms with Gasteiger partial charge < -0.3 is 4.74 Å². The Kier molecular flexibility index (Phi) is 7.34. The first-order valence-corrected chi connectivity index (χ1v) is 11.0. The Morgan fingerprint density at radius 2 is 1.70 bits per heavy atom. The Morgan fingerprint density at radius 1 is 1.00 bits per heavy atom. The fourth-order valence-corrected chi connectivity index (χ4v) is 4.73. The van der Waals surface area contributed by atoms with Crippen molar-refractivity contribution >= 4 is 10.0 Å². The second-order valence-electron chi connectivity index (χ2n) is 6.74. The van der Waals surface area contributed by atoms with Crippen LogP contribution in [0.3, 0.4) is 0 Å². The van der Waals surface area contributed by atoms with Gasteiger partial charge in [0.15, 0.2) is 0 Å². The van der Waals surface area contributed by atoms with E-state index in [1.807, 2.05) is 42.5 Å². The van der Waals surface area contributed by atoms with E-state index in [4.69, 9.17) is 4.74 Å². The fourth-order valence-electron chi connectivity index (χ4n) is 3.18. The van der Waals surface area contributed by atoms with Gasteiger partial charge >= 0.3 is 0 Å². The predicted molar refractivity (Wildman–Crippen MR) is 106 cm³/mol. The lowest BCUT2D eigenvalue weighted by Gasteiger charge is -2.28. The molecule has 1 aromatic heterocycles. The maximum atomic E-state index is 13.1. The minimum absolute atomic E-state index is 0.0243. The summed E-state index contributed by atoms with van der Waals surface area (Å²) in [6.45, 7) is 5.12. The van der Waals surface area contributed by atoms with Crippen LogP contribution in [0.15, 0.2) is 54.9 Å². The first-order valence-electron chi connectivity index (χ1n) is 9.34. The van der Waals surface area contributed by atoms with Crippen molar-refractivity contribution in [3.63, 3.8) is 0 Å². The van der Waals surface area contributed by atoms with Crippen LogP contribution in [0.4, 0.5) is 0 Å². The minimum Gasteiger partial charge on any atom is -0.379 e. The van der Waals surface area contributed by atoms with Gasteiger partial charge in [-0.05, 0) is 36.2 Å². The molecule has 1 aromatic carbocycles. The summed E-state index contributed by atoms with van der Waals surface area (Å²) in [4.78, 5) is 6.35. The molecule has 2 heterocycles.